The maximum Gasteiger partial charge on any atom is 0.201 e. The number of rotatable bonds is 6. The molecule has 0 amide bonds. The Morgan fingerprint density at radius 3 is 2.14 bits per heavy atom. The van der Waals surface area contributed by atoms with Crippen molar-refractivity contribution in [3.8, 4) is 16.9 Å². The Morgan fingerprint density at radius 2 is 1.50 bits per heavy atom. The number of ether oxygens (including phenoxy) is 1. The van der Waals surface area contributed by atoms with Crippen LogP contribution in [0.15, 0.2) is 36.9 Å². The van der Waals surface area contributed by atoms with Crippen LogP contribution in [-0.4, -0.2) is 6.61 Å². The van der Waals surface area contributed by atoms with E-state index in [1.165, 1.54) is 24.3 Å². The molecule has 28 heavy (non-hydrogen) atoms. The molecule has 1 aliphatic rings. The minimum atomic E-state index is -1.26. The van der Waals surface area contributed by atoms with Crippen LogP contribution in [0.2, 0.25) is 0 Å². The standard InChI is InChI=1S/C23H24F4O/c1-3-4-13-28-19-12-11-18(22(26)23(19)27)17-10-9-16(20(24)21(17)25)15-7-5-14(2)6-8-15/h3,9-12,14-15H,1,4-8,13H2,2H3. The van der Waals surface area contributed by atoms with Crippen molar-refractivity contribution in [3.63, 3.8) is 0 Å². The second-order valence-electron chi connectivity index (χ2n) is 7.45. The molecule has 0 atom stereocenters. The van der Waals surface area contributed by atoms with Crippen molar-refractivity contribution in [3.05, 3.63) is 65.8 Å². The van der Waals surface area contributed by atoms with Crippen LogP contribution in [0, 0.1) is 29.2 Å². The number of halogens is 4. The van der Waals surface area contributed by atoms with Gasteiger partial charge in [-0.3, -0.25) is 0 Å². The van der Waals surface area contributed by atoms with Gasteiger partial charge >= 0.3 is 0 Å². The summed E-state index contributed by atoms with van der Waals surface area (Å²) in [5, 5.41) is 0. The van der Waals surface area contributed by atoms with E-state index in [4.69, 9.17) is 4.74 Å². The molecule has 0 heterocycles. The van der Waals surface area contributed by atoms with E-state index < -0.39 is 23.3 Å². The second kappa shape index (κ2) is 8.80. The Kier molecular flexibility index (Phi) is 6.42. The Hall–Kier alpha value is -2.30. The number of hydrogen-bond donors (Lipinski definition) is 0. The van der Waals surface area contributed by atoms with E-state index >= 15 is 0 Å². The molecule has 1 aliphatic carbocycles. The highest BCUT2D eigenvalue weighted by molar-refractivity contribution is 5.66. The summed E-state index contributed by atoms with van der Waals surface area (Å²) in [4.78, 5) is 0. The molecule has 5 heteroatoms. The first kappa shape index (κ1) is 20.4. The Morgan fingerprint density at radius 1 is 0.893 bits per heavy atom. The number of benzene rings is 2. The lowest BCUT2D eigenvalue weighted by atomic mass is 9.79. The molecule has 1 fully saturated rings. The van der Waals surface area contributed by atoms with E-state index in [1.807, 2.05) is 0 Å². The first-order valence-corrected chi connectivity index (χ1v) is 9.64. The normalized spacial score (nSPS) is 19.5. The third-order valence-electron chi connectivity index (χ3n) is 5.48. The molecule has 150 valence electrons. The molecule has 0 radical (unpaired) electrons. The third kappa shape index (κ3) is 4.08. The zero-order valence-electron chi connectivity index (χ0n) is 15.9. The molecule has 0 bridgehead atoms. The Labute approximate surface area is 163 Å². The highest BCUT2D eigenvalue weighted by atomic mass is 19.2. The van der Waals surface area contributed by atoms with E-state index in [2.05, 4.69) is 13.5 Å². The van der Waals surface area contributed by atoms with Crippen LogP contribution in [0.4, 0.5) is 17.6 Å². The largest absolute Gasteiger partial charge is 0.490 e. The summed E-state index contributed by atoms with van der Waals surface area (Å²) >= 11 is 0. The smallest absolute Gasteiger partial charge is 0.201 e. The van der Waals surface area contributed by atoms with Gasteiger partial charge in [0.1, 0.15) is 0 Å². The average molecular weight is 392 g/mol. The van der Waals surface area contributed by atoms with Gasteiger partial charge in [0.05, 0.1) is 6.61 Å². The highest BCUT2D eigenvalue weighted by Crippen LogP contribution is 2.39. The first-order valence-electron chi connectivity index (χ1n) is 9.64. The monoisotopic (exact) mass is 392 g/mol. The molecule has 0 aliphatic heterocycles. The molecule has 0 aromatic heterocycles. The topological polar surface area (TPSA) is 9.23 Å². The van der Waals surface area contributed by atoms with Crippen molar-refractivity contribution < 1.29 is 22.3 Å². The van der Waals surface area contributed by atoms with Gasteiger partial charge in [-0.05, 0) is 48.8 Å². The number of hydrogen-bond acceptors (Lipinski definition) is 1. The summed E-state index contributed by atoms with van der Waals surface area (Å²) in [7, 11) is 0. The zero-order valence-corrected chi connectivity index (χ0v) is 15.9. The molecule has 0 unspecified atom stereocenters. The second-order valence-corrected chi connectivity index (χ2v) is 7.45. The van der Waals surface area contributed by atoms with Gasteiger partial charge in [-0.2, -0.15) is 4.39 Å². The maximum atomic E-state index is 14.7. The average Bonchev–Trinajstić information content (AvgIpc) is 2.69. The fourth-order valence-corrected chi connectivity index (χ4v) is 3.76. The molecular formula is C23H24F4O. The van der Waals surface area contributed by atoms with Gasteiger partial charge in [-0.25, -0.2) is 13.2 Å². The summed E-state index contributed by atoms with van der Waals surface area (Å²) in [6.07, 6.45) is 5.62. The van der Waals surface area contributed by atoms with E-state index in [0.29, 0.717) is 17.9 Å². The van der Waals surface area contributed by atoms with Gasteiger partial charge in [0.25, 0.3) is 0 Å². The van der Waals surface area contributed by atoms with Crippen molar-refractivity contribution in [1.82, 2.24) is 0 Å². The van der Waals surface area contributed by atoms with Crippen molar-refractivity contribution in [1.29, 1.82) is 0 Å². The lowest BCUT2D eigenvalue weighted by molar-refractivity contribution is 0.302. The van der Waals surface area contributed by atoms with Crippen molar-refractivity contribution in [2.45, 2.75) is 44.9 Å². The summed E-state index contributed by atoms with van der Waals surface area (Å²) in [6, 6.07) is 5.27. The molecule has 1 saturated carbocycles. The van der Waals surface area contributed by atoms with E-state index in [0.717, 1.165) is 25.7 Å². The minimum absolute atomic E-state index is 0.0398. The molecule has 1 nitrogen and oxygen atoms in total. The fraction of sp³-hybridized carbons (Fsp3) is 0.391. The van der Waals surface area contributed by atoms with Crippen molar-refractivity contribution >= 4 is 0 Å². The predicted molar refractivity (Wildman–Crippen MR) is 102 cm³/mol. The van der Waals surface area contributed by atoms with Crippen molar-refractivity contribution in [2.75, 3.05) is 6.61 Å². The maximum absolute atomic E-state index is 14.7. The SMILES string of the molecule is C=CCCOc1ccc(-c2ccc(C3CCC(C)CC3)c(F)c2F)c(F)c1F. The van der Waals surface area contributed by atoms with Crippen LogP contribution in [0.3, 0.4) is 0 Å². The molecule has 2 aromatic carbocycles. The van der Waals surface area contributed by atoms with E-state index in [-0.39, 0.29) is 29.4 Å². The molecular weight excluding hydrogens is 368 g/mol. The fourth-order valence-electron chi connectivity index (χ4n) is 3.76. The van der Waals surface area contributed by atoms with Crippen LogP contribution in [0.25, 0.3) is 11.1 Å². The van der Waals surface area contributed by atoms with Gasteiger partial charge in [0.15, 0.2) is 23.2 Å². The third-order valence-corrected chi connectivity index (χ3v) is 5.48. The Balaban J connectivity index is 1.90. The van der Waals surface area contributed by atoms with Crippen LogP contribution in [0.1, 0.15) is 50.5 Å². The van der Waals surface area contributed by atoms with Crippen LogP contribution < -0.4 is 4.74 Å². The van der Waals surface area contributed by atoms with Crippen LogP contribution >= 0.6 is 0 Å². The molecule has 3 rings (SSSR count). The quantitative estimate of drug-likeness (QED) is 0.288. The molecule has 0 saturated heterocycles. The van der Waals surface area contributed by atoms with E-state index in [1.54, 1.807) is 6.08 Å². The lowest BCUT2D eigenvalue weighted by Gasteiger charge is -2.27. The molecule has 0 spiro atoms. The van der Waals surface area contributed by atoms with E-state index in [9.17, 15) is 17.6 Å². The van der Waals surface area contributed by atoms with Crippen molar-refractivity contribution in [2.24, 2.45) is 5.92 Å². The van der Waals surface area contributed by atoms with Gasteiger partial charge in [-0.15, -0.1) is 6.58 Å². The molecule has 0 N–H and O–H groups in total. The van der Waals surface area contributed by atoms with Gasteiger partial charge in [-0.1, -0.05) is 38.0 Å². The van der Waals surface area contributed by atoms with Crippen LogP contribution in [-0.2, 0) is 0 Å². The Bertz CT molecular complexity index is 854. The predicted octanol–water partition coefficient (Wildman–Crippen LogP) is 7.16. The molecule has 2 aromatic rings. The minimum Gasteiger partial charge on any atom is -0.490 e. The lowest BCUT2D eigenvalue weighted by Crippen LogP contribution is -2.13. The zero-order chi connectivity index (χ0) is 20.3. The van der Waals surface area contributed by atoms with Gasteiger partial charge in [0, 0.05) is 11.1 Å². The summed E-state index contributed by atoms with van der Waals surface area (Å²) in [5.41, 5.74) is -0.299. The summed E-state index contributed by atoms with van der Waals surface area (Å²) in [6.45, 7) is 5.82. The highest BCUT2D eigenvalue weighted by Gasteiger charge is 2.26. The van der Waals surface area contributed by atoms with Crippen LogP contribution in [0.5, 0.6) is 5.75 Å². The first-order chi connectivity index (χ1) is 13.4. The summed E-state index contributed by atoms with van der Waals surface area (Å²) in [5.74, 6) is -4.30. The summed E-state index contributed by atoms with van der Waals surface area (Å²) < 4.78 is 63.4. The van der Waals surface area contributed by atoms with Gasteiger partial charge in [0.2, 0.25) is 5.82 Å². The van der Waals surface area contributed by atoms with Gasteiger partial charge < -0.3 is 4.74 Å².